The quantitative estimate of drug-likeness (QED) is 0.815. The lowest BCUT2D eigenvalue weighted by molar-refractivity contribution is -0.145. The molecule has 0 aromatic heterocycles. The molecule has 0 aliphatic heterocycles. The Labute approximate surface area is 129 Å². The van der Waals surface area contributed by atoms with Gasteiger partial charge >= 0.3 is 5.97 Å². The van der Waals surface area contributed by atoms with Crippen LogP contribution < -0.4 is 0 Å². The Morgan fingerprint density at radius 2 is 1.82 bits per heavy atom. The summed E-state index contributed by atoms with van der Waals surface area (Å²) in [5, 5.41) is 1.94. The van der Waals surface area contributed by atoms with E-state index in [-0.39, 0.29) is 17.9 Å². The van der Waals surface area contributed by atoms with Gasteiger partial charge in [0.1, 0.15) is 6.04 Å². The zero-order valence-corrected chi connectivity index (χ0v) is 12.8. The summed E-state index contributed by atoms with van der Waals surface area (Å²) in [5.74, 6) is -0.474. The summed E-state index contributed by atoms with van der Waals surface area (Å²) in [6, 6.07) is 13.1. The number of methoxy groups -OCH3 is 1. The Morgan fingerprint density at radius 1 is 1.14 bits per heavy atom. The number of esters is 1. The molecule has 2 aromatic carbocycles. The Morgan fingerprint density at radius 3 is 2.50 bits per heavy atom. The van der Waals surface area contributed by atoms with Crippen LogP contribution in [0.15, 0.2) is 42.5 Å². The van der Waals surface area contributed by atoms with E-state index in [0.717, 1.165) is 23.6 Å². The summed E-state index contributed by atoms with van der Waals surface area (Å²) in [7, 11) is 1.35. The average molecular weight is 297 g/mol. The van der Waals surface area contributed by atoms with Crippen LogP contribution in [0.1, 0.15) is 30.1 Å². The third-order valence-electron chi connectivity index (χ3n) is 4.15. The Kier molecular flexibility index (Phi) is 3.84. The molecule has 1 amide bonds. The lowest BCUT2D eigenvalue weighted by Crippen LogP contribution is -2.45. The zero-order chi connectivity index (χ0) is 15.7. The topological polar surface area (TPSA) is 46.6 Å². The highest BCUT2D eigenvalue weighted by Gasteiger charge is 2.39. The average Bonchev–Trinajstić information content (AvgIpc) is 3.38. The number of carbonyl (C=O) groups excluding carboxylic acids is 2. The van der Waals surface area contributed by atoms with Gasteiger partial charge in [0.2, 0.25) is 0 Å². The Hall–Kier alpha value is -2.36. The maximum Gasteiger partial charge on any atom is 0.328 e. The van der Waals surface area contributed by atoms with Crippen molar-refractivity contribution in [2.24, 2.45) is 0 Å². The number of hydrogen-bond acceptors (Lipinski definition) is 3. The third-order valence-corrected chi connectivity index (χ3v) is 4.15. The first-order valence-corrected chi connectivity index (χ1v) is 7.51. The van der Waals surface area contributed by atoms with Crippen molar-refractivity contribution in [3.05, 3.63) is 48.0 Å². The summed E-state index contributed by atoms with van der Waals surface area (Å²) >= 11 is 0. The summed E-state index contributed by atoms with van der Waals surface area (Å²) < 4.78 is 4.81. The second-order valence-electron chi connectivity index (χ2n) is 5.67. The van der Waals surface area contributed by atoms with E-state index in [1.165, 1.54) is 7.11 Å². The molecule has 4 nitrogen and oxygen atoms in total. The molecule has 1 aliphatic carbocycles. The van der Waals surface area contributed by atoms with Crippen molar-refractivity contribution in [2.75, 3.05) is 7.11 Å². The molecule has 4 heteroatoms. The monoisotopic (exact) mass is 297 g/mol. The van der Waals surface area contributed by atoms with Crippen molar-refractivity contribution in [3.8, 4) is 0 Å². The van der Waals surface area contributed by atoms with Gasteiger partial charge in [-0.25, -0.2) is 4.79 Å². The number of fused-ring (bicyclic) bond motifs is 1. The predicted octanol–water partition coefficient (Wildman–Crippen LogP) is 3.01. The van der Waals surface area contributed by atoms with Gasteiger partial charge in [-0.15, -0.1) is 0 Å². The molecular formula is C18H19NO3. The van der Waals surface area contributed by atoms with Crippen LogP contribution in [0, 0.1) is 0 Å². The fraction of sp³-hybridized carbons (Fsp3) is 0.333. The molecule has 1 fully saturated rings. The fourth-order valence-corrected chi connectivity index (χ4v) is 2.85. The molecule has 0 N–H and O–H groups in total. The summed E-state index contributed by atoms with van der Waals surface area (Å²) in [4.78, 5) is 26.6. The van der Waals surface area contributed by atoms with Gasteiger partial charge in [0.15, 0.2) is 0 Å². The van der Waals surface area contributed by atoms with E-state index in [2.05, 4.69) is 0 Å². The molecule has 0 spiro atoms. The minimum absolute atomic E-state index is 0.0998. The number of ether oxygens (including phenoxy) is 1. The summed E-state index contributed by atoms with van der Waals surface area (Å²) in [6.07, 6.45) is 1.88. The van der Waals surface area contributed by atoms with Gasteiger partial charge in [-0.3, -0.25) is 4.79 Å². The number of benzene rings is 2. The lowest BCUT2D eigenvalue weighted by Gasteiger charge is -2.28. The lowest BCUT2D eigenvalue weighted by atomic mass is 10.0. The Bertz CT molecular complexity index is 716. The van der Waals surface area contributed by atoms with Crippen LogP contribution in [0.3, 0.4) is 0 Å². The second-order valence-corrected chi connectivity index (χ2v) is 5.67. The molecule has 0 bridgehead atoms. The van der Waals surface area contributed by atoms with Crippen LogP contribution >= 0.6 is 0 Å². The highest BCUT2D eigenvalue weighted by Crippen LogP contribution is 2.32. The van der Waals surface area contributed by atoms with Gasteiger partial charge in [0.25, 0.3) is 5.91 Å². The highest BCUT2D eigenvalue weighted by atomic mass is 16.5. The van der Waals surface area contributed by atoms with E-state index >= 15 is 0 Å². The van der Waals surface area contributed by atoms with Crippen LogP contribution in [0.2, 0.25) is 0 Å². The molecule has 22 heavy (non-hydrogen) atoms. The number of nitrogens with zero attached hydrogens (tertiary/aromatic N) is 1. The van der Waals surface area contributed by atoms with Gasteiger partial charge in [-0.2, -0.15) is 0 Å². The third kappa shape index (κ3) is 2.56. The summed E-state index contributed by atoms with van der Waals surface area (Å²) in [6.45, 7) is 1.73. The van der Waals surface area contributed by atoms with E-state index in [4.69, 9.17) is 4.74 Å². The van der Waals surface area contributed by atoms with Crippen molar-refractivity contribution in [2.45, 2.75) is 31.8 Å². The normalized spacial score (nSPS) is 15.4. The van der Waals surface area contributed by atoms with Gasteiger partial charge in [-0.05, 0) is 36.6 Å². The van der Waals surface area contributed by atoms with Crippen molar-refractivity contribution in [1.29, 1.82) is 0 Å². The molecule has 2 aromatic rings. The van der Waals surface area contributed by atoms with E-state index in [1.54, 1.807) is 11.8 Å². The molecule has 1 atom stereocenters. The van der Waals surface area contributed by atoms with Crippen LogP contribution in [0.25, 0.3) is 10.8 Å². The maximum atomic E-state index is 13.0. The molecule has 1 unspecified atom stereocenters. The van der Waals surface area contributed by atoms with Gasteiger partial charge in [0, 0.05) is 11.6 Å². The minimum atomic E-state index is -0.566. The number of amides is 1. The van der Waals surface area contributed by atoms with E-state index < -0.39 is 6.04 Å². The van der Waals surface area contributed by atoms with E-state index in [0.29, 0.717) is 5.56 Å². The predicted molar refractivity (Wildman–Crippen MR) is 84.6 cm³/mol. The van der Waals surface area contributed by atoms with E-state index in [1.807, 2.05) is 42.5 Å². The molecule has 1 saturated carbocycles. The smallest absolute Gasteiger partial charge is 0.328 e. The first-order valence-electron chi connectivity index (χ1n) is 7.51. The van der Waals surface area contributed by atoms with Gasteiger partial charge in [-0.1, -0.05) is 36.4 Å². The largest absolute Gasteiger partial charge is 0.467 e. The highest BCUT2D eigenvalue weighted by molar-refractivity contribution is 6.08. The fourth-order valence-electron chi connectivity index (χ4n) is 2.85. The first-order chi connectivity index (χ1) is 10.6. The zero-order valence-electron chi connectivity index (χ0n) is 12.8. The maximum absolute atomic E-state index is 13.0. The van der Waals surface area contributed by atoms with Crippen molar-refractivity contribution in [3.63, 3.8) is 0 Å². The standard InChI is InChI=1S/C18H19NO3/c1-12(18(21)22-2)19(14-10-11-14)17(20)16-9-5-7-13-6-3-4-8-15(13)16/h3-9,12,14H,10-11H2,1-2H3. The van der Waals surface area contributed by atoms with Crippen LogP contribution in [0.5, 0.6) is 0 Å². The van der Waals surface area contributed by atoms with Crippen molar-refractivity contribution < 1.29 is 14.3 Å². The number of rotatable bonds is 4. The van der Waals surface area contributed by atoms with Crippen LogP contribution in [-0.4, -0.2) is 36.0 Å². The molecule has 0 radical (unpaired) electrons. The second kappa shape index (κ2) is 5.79. The molecule has 114 valence electrons. The van der Waals surface area contributed by atoms with Crippen molar-refractivity contribution in [1.82, 2.24) is 4.90 Å². The molecule has 0 saturated heterocycles. The number of carbonyl (C=O) groups is 2. The Balaban J connectivity index is 2.01. The van der Waals surface area contributed by atoms with Crippen LogP contribution in [0.4, 0.5) is 0 Å². The molecule has 3 rings (SSSR count). The number of hydrogen-bond donors (Lipinski definition) is 0. The van der Waals surface area contributed by atoms with Crippen LogP contribution in [-0.2, 0) is 9.53 Å². The SMILES string of the molecule is COC(=O)C(C)N(C(=O)c1cccc2ccccc12)C1CC1. The van der Waals surface area contributed by atoms with Gasteiger partial charge in [0.05, 0.1) is 7.11 Å². The molecule has 0 heterocycles. The minimum Gasteiger partial charge on any atom is -0.467 e. The van der Waals surface area contributed by atoms with Gasteiger partial charge < -0.3 is 9.64 Å². The summed E-state index contributed by atoms with van der Waals surface area (Å²) in [5.41, 5.74) is 0.640. The first kappa shape index (κ1) is 14.6. The van der Waals surface area contributed by atoms with Crippen molar-refractivity contribution >= 4 is 22.6 Å². The molecule has 1 aliphatic rings. The van der Waals surface area contributed by atoms with E-state index in [9.17, 15) is 9.59 Å². The molecular weight excluding hydrogens is 278 g/mol.